The largest absolute Gasteiger partial charge is 0.393 e. The summed E-state index contributed by atoms with van der Waals surface area (Å²) in [4.78, 5) is 22.4. The van der Waals surface area contributed by atoms with E-state index in [-0.39, 0.29) is 17.7 Å². The van der Waals surface area contributed by atoms with Crippen LogP contribution in [0.1, 0.15) is 36.0 Å². The van der Waals surface area contributed by atoms with Crippen LogP contribution in [0.2, 0.25) is 0 Å². The van der Waals surface area contributed by atoms with E-state index < -0.39 is 4.92 Å². The lowest BCUT2D eigenvalue weighted by molar-refractivity contribution is -0.384. The van der Waals surface area contributed by atoms with Gasteiger partial charge >= 0.3 is 0 Å². The van der Waals surface area contributed by atoms with Crippen molar-refractivity contribution in [3.63, 3.8) is 0 Å². The van der Waals surface area contributed by atoms with Gasteiger partial charge in [0.2, 0.25) is 0 Å². The van der Waals surface area contributed by atoms with E-state index in [1.807, 2.05) is 22.6 Å². The molecule has 0 aliphatic heterocycles. The number of nitrogens with zero attached hydrogens (tertiary/aromatic N) is 1. The molecule has 6 nitrogen and oxygen atoms in total. The fourth-order valence-corrected chi connectivity index (χ4v) is 3.06. The van der Waals surface area contributed by atoms with E-state index >= 15 is 0 Å². The number of benzene rings is 1. The molecule has 21 heavy (non-hydrogen) atoms. The zero-order chi connectivity index (χ0) is 15.4. The predicted octanol–water partition coefficient (Wildman–Crippen LogP) is 2.48. The number of carbonyl (C=O) groups is 1. The molecule has 1 fully saturated rings. The van der Waals surface area contributed by atoms with Crippen molar-refractivity contribution in [3.8, 4) is 0 Å². The number of nitro benzene ring substituents is 1. The number of nitrogens with one attached hydrogen (secondary N) is 1. The number of nitro groups is 1. The molecule has 0 saturated heterocycles. The molecule has 1 amide bonds. The van der Waals surface area contributed by atoms with Crippen LogP contribution in [-0.4, -0.2) is 28.6 Å². The van der Waals surface area contributed by atoms with Gasteiger partial charge in [0.15, 0.2) is 0 Å². The zero-order valence-electron chi connectivity index (χ0n) is 11.4. The normalized spacial score (nSPS) is 21.8. The molecule has 1 aliphatic rings. The Hall–Kier alpha value is -1.22. The van der Waals surface area contributed by atoms with Gasteiger partial charge in [-0.1, -0.05) is 0 Å². The number of rotatable bonds is 4. The number of amides is 1. The molecule has 2 N–H and O–H groups in total. The van der Waals surface area contributed by atoms with Gasteiger partial charge in [-0.05, 0) is 60.3 Å². The first kappa shape index (κ1) is 16.2. The molecule has 0 unspecified atom stereocenters. The molecule has 1 saturated carbocycles. The second-order valence-electron chi connectivity index (χ2n) is 5.31. The summed E-state index contributed by atoms with van der Waals surface area (Å²) >= 11 is 2.00. The molecule has 1 aliphatic carbocycles. The van der Waals surface area contributed by atoms with Crippen LogP contribution in [0.4, 0.5) is 5.69 Å². The number of hydrogen-bond donors (Lipinski definition) is 2. The lowest BCUT2D eigenvalue weighted by atomic mass is 9.87. The summed E-state index contributed by atoms with van der Waals surface area (Å²) in [7, 11) is 0. The number of carbonyl (C=O) groups excluding carboxylic acids is 1. The Balaban J connectivity index is 1.97. The Bertz CT molecular complexity index is 542. The summed E-state index contributed by atoms with van der Waals surface area (Å²) in [5.74, 6) is 0.0860. The first-order chi connectivity index (χ1) is 9.97. The van der Waals surface area contributed by atoms with Gasteiger partial charge in [-0.25, -0.2) is 0 Å². The van der Waals surface area contributed by atoms with E-state index in [0.717, 1.165) is 25.7 Å². The van der Waals surface area contributed by atoms with Crippen LogP contribution in [-0.2, 0) is 0 Å². The number of aliphatic hydroxyl groups is 1. The maximum Gasteiger partial charge on any atom is 0.270 e. The Labute approximate surface area is 136 Å². The number of halogens is 1. The standard InChI is InChI=1S/C14H17IN2O4/c15-13-6-3-10(17(20)21)7-12(13)14(19)16-8-9-1-4-11(18)5-2-9/h3,6-7,9,11,18H,1-2,4-5,8H2,(H,16,19). The highest BCUT2D eigenvalue weighted by atomic mass is 127. The molecule has 0 spiro atoms. The first-order valence-corrected chi connectivity index (χ1v) is 7.95. The van der Waals surface area contributed by atoms with Crippen molar-refractivity contribution in [2.75, 3.05) is 6.54 Å². The van der Waals surface area contributed by atoms with Crippen LogP contribution in [0, 0.1) is 19.6 Å². The van der Waals surface area contributed by atoms with Crippen LogP contribution in [0.5, 0.6) is 0 Å². The van der Waals surface area contributed by atoms with Crippen LogP contribution in [0.3, 0.4) is 0 Å². The minimum atomic E-state index is -0.505. The molecule has 1 aromatic rings. The predicted molar refractivity (Wildman–Crippen MR) is 86.1 cm³/mol. The van der Waals surface area contributed by atoms with Gasteiger partial charge in [-0.15, -0.1) is 0 Å². The third-order valence-electron chi connectivity index (χ3n) is 3.77. The first-order valence-electron chi connectivity index (χ1n) is 6.87. The summed E-state index contributed by atoms with van der Waals surface area (Å²) < 4.78 is 0.690. The smallest absolute Gasteiger partial charge is 0.270 e. The van der Waals surface area contributed by atoms with Crippen LogP contribution in [0.25, 0.3) is 0 Å². The number of non-ortho nitro benzene ring substituents is 1. The van der Waals surface area contributed by atoms with Crippen LogP contribution >= 0.6 is 22.6 Å². The van der Waals surface area contributed by atoms with Gasteiger partial charge in [-0.2, -0.15) is 0 Å². The molecular formula is C14H17IN2O4. The SMILES string of the molecule is O=C(NCC1CCC(O)CC1)c1cc([N+](=O)[O-])ccc1I. The highest BCUT2D eigenvalue weighted by Gasteiger charge is 2.21. The third kappa shape index (κ3) is 4.37. The van der Waals surface area contributed by atoms with Gasteiger partial charge in [0.25, 0.3) is 11.6 Å². The molecule has 0 aromatic heterocycles. The molecule has 114 valence electrons. The highest BCUT2D eigenvalue weighted by molar-refractivity contribution is 14.1. The lowest BCUT2D eigenvalue weighted by Gasteiger charge is -2.25. The maximum atomic E-state index is 12.2. The average Bonchev–Trinajstić information content (AvgIpc) is 2.46. The van der Waals surface area contributed by atoms with Crippen molar-refractivity contribution in [1.82, 2.24) is 5.32 Å². The molecule has 0 bridgehead atoms. The van der Waals surface area contributed by atoms with Crippen molar-refractivity contribution < 1.29 is 14.8 Å². The van der Waals surface area contributed by atoms with Gasteiger partial charge in [-0.3, -0.25) is 14.9 Å². The molecule has 0 heterocycles. The summed E-state index contributed by atoms with van der Waals surface area (Å²) in [6.07, 6.45) is 3.12. The topological polar surface area (TPSA) is 92.5 Å². The second kappa shape index (κ2) is 7.17. The average molecular weight is 404 g/mol. The van der Waals surface area contributed by atoms with Crippen molar-refractivity contribution in [2.45, 2.75) is 31.8 Å². The number of hydrogen-bond acceptors (Lipinski definition) is 4. The molecule has 7 heteroatoms. The summed E-state index contributed by atoms with van der Waals surface area (Å²) in [5.41, 5.74) is 0.252. The van der Waals surface area contributed by atoms with Crippen LogP contribution < -0.4 is 5.32 Å². The van der Waals surface area contributed by atoms with Crippen molar-refractivity contribution in [2.24, 2.45) is 5.92 Å². The summed E-state index contributed by atoms with van der Waals surface area (Å²) in [5, 5.41) is 23.1. The van der Waals surface area contributed by atoms with E-state index in [1.165, 1.54) is 12.1 Å². The summed E-state index contributed by atoms with van der Waals surface area (Å²) in [6, 6.07) is 4.27. The van der Waals surface area contributed by atoms with Crippen molar-refractivity contribution >= 4 is 34.2 Å². The van der Waals surface area contributed by atoms with E-state index in [9.17, 15) is 20.0 Å². The molecule has 0 atom stereocenters. The fraction of sp³-hybridized carbons (Fsp3) is 0.500. The minimum Gasteiger partial charge on any atom is -0.393 e. The Kier molecular flexibility index (Phi) is 5.51. The lowest BCUT2D eigenvalue weighted by Crippen LogP contribution is -2.32. The summed E-state index contributed by atoms with van der Waals surface area (Å²) in [6.45, 7) is 0.546. The van der Waals surface area contributed by atoms with E-state index in [4.69, 9.17) is 0 Å². The quantitative estimate of drug-likeness (QED) is 0.458. The van der Waals surface area contributed by atoms with Gasteiger partial charge < -0.3 is 10.4 Å². The Morgan fingerprint density at radius 2 is 2.05 bits per heavy atom. The van der Waals surface area contributed by atoms with Gasteiger partial charge in [0.05, 0.1) is 16.6 Å². The van der Waals surface area contributed by atoms with E-state index in [2.05, 4.69) is 5.32 Å². The monoisotopic (exact) mass is 404 g/mol. The third-order valence-corrected chi connectivity index (χ3v) is 4.71. The van der Waals surface area contributed by atoms with Crippen molar-refractivity contribution in [1.29, 1.82) is 0 Å². The van der Waals surface area contributed by atoms with Crippen LogP contribution in [0.15, 0.2) is 18.2 Å². The van der Waals surface area contributed by atoms with E-state index in [0.29, 0.717) is 21.6 Å². The Morgan fingerprint density at radius 1 is 1.38 bits per heavy atom. The van der Waals surface area contributed by atoms with Gasteiger partial charge in [0, 0.05) is 22.2 Å². The second-order valence-corrected chi connectivity index (χ2v) is 6.47. The Morgan fingerprint density at radius 3 is 2.67 bits per heavy atom. The highest BCUT2D eigenvalue weighted by Crippen LogP contribution is 2.24. The van der Waals surface area contributed by atoms with Gasteiger partial charge in [0.1, 0.15) is 0 Å². The molecular weight excluding hydrogens is 387 g/mol. The number of aliphatic hydroxyl groups excluding tert-OH is 1. The fourth-order valence-electron chi connectivity index (χ4n) is 2.48. The van der Waals surface area contributed by atoms with Crippen molar-refractivity contribution in [3.05, 3.63) is 37.4 Å². The zero-order valence-corrected chi connectivity index (χ0v) is 13.6. The molecule has 1 aromatic carbocycles. The van der Waals surface area contributed by atoms with E-state index in [1.54, 1.807) is 6.07 Å². The molecule has 2 rings (SSSR count). The molecule has 0 radical (unpaired) electrons. The minimum absolute atomic E-state index is 0.0821. The maximum absolute atomic E-state index is 12.2.